The Morgan fingerprint density at radius 2 is 1.90 bits per heavy atom. The van der Waals surface area contributed by atoms with Crippen LogP contribution in [0.4, 0.5) is 5.82 Å². The van der Waals surface area contributed by atoms with E-state index < -0.39 is 0 Å². The van der Waals surface area contributed by atoms with Crippen molar-refractivity contribution in [1.82, 2.24) is 10.3 Å². The van der Waals surface area contributed by atoms with E-state index in [4.69, 9.17) is 9.47 Å². The molecule has 112 valence electrons. The predicted molar refractivity (Wildman–Crippen MR) is 84.5 cm³/mol. The molecule has 2 heterocycles. The second-order valence-electron chi connectivity index (χ2n) is 5.15. The lowest BCUT2D eigenvalue weighted by molar-refractivity contribution is 0.356. The van der Waals surface area contributed by atoms with Crippen molar-refractivity contribution in [2.75, 3.05) is 45.3 Å². The van der Waals surface area contributed by atoms with E-state index in [-0.39, 0.29) is 0 Å². The van der Waals surface area contributed by atoms with Crippen molar-refractivity contribution in [2.45, 2.75) is 6.42 Å². The third-order valence-corrected chi connectivity index (χ3v) is 3.89. The number of methoxy groups -OCH3 is 2. The average Bonchev–Trinajstić information content (AvgIpc) is 2.82. The van der Waals surface area contributed by atoms with E-state index in [0.29, 0.717) is 0 Å². The Morgan fingerprint density at radius 1 is 1.10 bits per heavy atom. The highest BCUT2D eigenvalue weighted by atomic mass is 16.5. The molecule has 0 spiro atoms. The predicted octanol–water partition coefficient (Wildman–Crippen LogP) is 2.05. The normalized spacial score (nSPS) is 15.8. The molecule has 0 bridgehead atoms. The standard InChI is InChI=1S/C16H21N3O2/c1-20-14-10-12-4-6-18-16(13(12)11-15(14)21-2)19-8-3-5-17-7-9-19/h4,6,10-11,17H,3,5,7-9H2,1-2H3. The molecule has 5 heteroatoms. The number of pyridine rings is 1. The van der Waals surface area contributed by atoms with Crippen LogP contribution in [0.5, 0.6) is 11.5 Å². The van der Waals surface area contributed by atoms with Crippen LogP contribution in [0.1, 0.15) is 6.42 Å². The van der Waals surface area contributed by atoms with E-state index >= 15 is 0 Å². The number of anilines is 1. The number of rotatable bonds is 3. The maximum atomic E-state index is 5.43. The molecule has 0 atom stereocenters. The van der Waals surface area contributed by atoms with Gasteiger partial charge in [-0.15, -0.1) is 0 Å². The van der Waals surface area contributed by atoms with E-state index in [0.717, 1.165) is 60.7 Å². The molecule has 0 saturated carbocycles. The minimum Gasteiger partial charge on any atom is -0.493 e. The fraction of sp³-hybridized carbons (Fsp3) is 0.438. The van der Waals surface area contributed by atoms with Gasteiger partial charge in [0.25, 0.3) is 0 Å². The molecule has 1 saturated heterocycles. The molecule has 1 aromatic carbocycles. The van der Waals surface area contributed by atoms with Crippen molar-refractivity contribution in [3.63, 3.8) is 0 Å². The maximum absolute atomic E-state index is 5.43. The molecule has 2 aromatic rings. The zero-order valence-corrected chi connectivity index (χ0v) is 12.6. The molecular weight excluding hydrogens is 266 g/mol. The quantitative estimate of drug-likeness (QED) is 0.936. The number of benzene rings is 1. The number of hydrogen-bond acceptors (Lipinski definition) is 5. The summed E-state index contributed by atoms with van der Waals surface area (Å²) in [6, 6.07) is 6.04. The zero-order chi connectivity index (χ0) is 14.7. The number of aromatic nitrogens is 1. The van der Waals surface area contributed by atoms with E-state index in [1.807, 2.05) is 24.4 Å². The van der Waals surface area contributed by atoms with Crippen LogP contribution >= 0.6 is 0 Å². The summed E-state index contributed by atoms with van der Waals surface area (Å²) in [5.74, 6) is 2.52. The van der Waals surface area contributed by atoms with E-state index in [9.17, 15) is 0 Å². The number of ether oxygens (including phenoxy) is 2. The third-order valence-electron chi connectivity index (χ3n) is 3.89. The van der Waals surface area contributed by atoms with Gasteiger partial charge >= 0.3 is 0 Å². The van der Waals surface area contributed by atoms with E-state index in [2.05, 4.69) is 15.2 Å². The van der Waals surface area contributed by atoms with Crippen molar-refractivity contribution < 1.29 is 9.47 Å². The summed E-state index contributed by atoms with van der Waals surface area (Å²) >= 11 is 0. The highest BCUT2D eigenvalue weighted by Crippen LogP contribution is 2.35. The molecule has 0 amide bonds. The fourth-order valence-electron chi connectivity index (χ4n) is 2.79. The van der Waals surface area contributed by atoms with Crippen LogP contribution in [0, 0.1) is 0 Å². The van der Waals surface area contributed by atoms with E-state index in [1.54, 1.807) is 14.2 Å². The summed E-state index contributed by atoms with van der Waals surface area (Å²) in [5, 5.41) is 5.65. The summed E-state index contributed by atoms with van der Waals surface area (Å²) in [4.78, 5) is 6.95. The van der Waals surface area contributed by atoms with Gasteiger partial charge in [-0.3, -0.25) is 0 Å². The Bertz CT molecular complexity index is 622. The SMILES string of the molecule is COc1cc2ccnc(N3CCCNCC3)c2cc1OC. The summed E-state index contributed by atoms with van der Waals surface area (Å²) in [7, 11) is 3.32. The molecule has 0 radical (unpaired) electrons. The molecule has 0 unspecified atom stereocenters. The lowest BCUT2D eigenvalue weighted by Crippen LogP contribution is -2.28. The highest BCUT2D eigenvalue weighted by molar-refractivity contribution is 5.94. The monoisotopic (exact) mass is 287 g/mol. The topological polar surface area (TPSA) is 46.6 Å². The molecule has 0 aliphatic carbocycles. The zero-order valence-electron chi connectivity index (χ0n) is 12.6. The molecule has 1 N–H and O–H groups in total. The van der Waals surface area contributed by atoms with Crippen LogP contribution in [-0.4, -0.2) is 45.4 Å². The number of fused-ring (bicyclic) bond motifs is 1. The van der Waals surface area contributed by atoms with Crippen LogP contribution < -0.4 is 19.7 Å². The van der Waals surface area contributed by atoms with Crippen molar-refractivity contribution in [2.24, 2.45) is 0 Å². The van der Waals surface area contributed by atoms with Gasteiger partial charge in [0.15, 0.2) is 11.5 Å². The average molecular weight is 287 g/mol. The first-order valence-electron chi connectivity index (χ1n) is 7.30. The first-order valence-corrected chi connectivity index (χ1v) is 7.30. The van der Waals surface area contributed by atoms with Crippen molar-refractivity contribution in [3.8, 4) is 11.5 Å². The lowest BCUT2D eigenvalue weighted by atomic mass is 10.1. The third kappa shape index (κ3) is 2.74. The Hall–Kier alpha value is -2.01. The molecule has 3 rings (SSSR count). The Morgan fingerprint density at radius 3 is 2.71 bits per heavy atom. The highest BCUT2D eigenvalue weighted by Gasteiger charge is 2.15. The number of nitrogens with zero attached hydrogens (tertiary/aromatic N) is 2. The summed E-state index contributed by atoms with van der Waals surface area (Å²) < 4.78 is 10.8. The number of nitrogens with one attached hydrogen (secondary N) is 1. The minimum atomic E-state index is 0.743. The molecule has 1 aliphatic rings. The van der Waals surface area contributed by atoms with Gasteiger partial charge in [-0.25, -0.2) is 4.98 Å². The van der Waals surface area contributed by atoms with Crippen molar-refractivity contribution in [1.29, 1.82) is 0 Å². The largest absolute Gasteiger partial charge is 0.493 e. The molecular formula is C16H21N3O2. The van der Waals surface area contributed by atoms with Crippen LogP contribution in [-0.2, 0) is 0 Å². The summed E-state index contributed by atoms with van der Waals surface area (Å²) in [5.41, 5.74) is 0. The Balaban J connectivity index is 2.09. The van der Waals surface area contributed by atoms with Gasteiger partial charge in [0, 0.05) is 31.2 Å². The Kier molecular flexibility index (Phi) is 4.10. The van der Waals surface area contributed by atoms with Gasteiger partial charge in [-0.05, 0) is 36.6 Å². The molecule has 1 aromatic heterocycles. The smallest absolute Gasteiger partial charge is 0.161 e. The van der Waals surface area contributed by atoms with Gasteiger partial charge in [-0.1, -0.05) is 0 Å². The first-order chi connectivity index (χ1) is 10.3. The second kappa shape index (κ2) is 6.18. The van der Waals surface area contributed by atoms with Crippen LogP contribution in [0.3, 0.4) is 0 Å². The molecule has 1 fully saturated rings. The lowest BCUT2D eigenvalue weighted by Gasteiger charge is -2.23. The molecule has 5 nitrogen and oxygen atoms in total. The van der Waals surface area contributed by atoms with Crippen LogP contribution in [0.2, 0.25) is 0 Å². The molecule has 1 aliphatic heterocycles. The van der Waals surface area contributed by atoms with Gasteiger partial charge < -0.3 is 19.7 Å². The maximum Gasteiger partial charge on any atom is 0.161 e. The summed E-state index contributed by atoms with van der Waals surface area (Å²) in [6.07, 6.45) is 2.99. The van der Waals surface area contributed by atoms with Crippen LogP contribution in [0.25, 0.3) is 10.8 Å². The van der Waals surface area contributed by atoms with Gasteiger partial charge in [0.1, 0.15) is 5.82 Å². The minimum absolute atomic E-state index is 0.743. The second-order valence-corrected chi connectivity index (χ2v) is 5.15. The first kappa shape index (κ1) is 13.9. The van der Waals surface area contributed by atoms with E-state index in [1.165, 1.54) is 0 Å². The fourth-order valence-corrected chi connectivity index (χ4v) is 2.79. The van der Waals surface area contributed by atoms with Gasteiger partial charge in [0.05, 0.1) is 14.2 Å². The van der Waals surface area contributed by atoms with Crippen molar-refractivity contribution in [3.05, 3.63) is 24.4 Å². The van der Waals surface area contributed by atoms with Crippen molar-refractivity contribution >= 4 is 16.6 Å². The van der Waals surface area contributed by atoms with Crippen LogP contribution in [0.15, 0.2) is 24.4 Å². The Labute approximate surface area is 124 Å². The van der Waals surface area contributed by atoms with Gasteiger partial charge in [-0.2, -0.15) is 0 Å². The summed E-state index contributed by atoms with van der Waals surface area (Å²) in [6.45, 7) is 4.05. The molecule has 21 heavy (non-hydrogen) atoms. The number of hydrogen-bond donors (Lipinski definition) is 1. The van der Waals surface area contributed by atoms with Gasteiger partial charge in [0.2, 0.25) is 0 Å².